The first-order valence-corrected chi connectivity index (χ1v) is 11.9. The number of aliphatic hydroxyl groups is 1. The van der Waals surface area contributed by atoms with E-state index in [1.54, 1.807) is 24.6 Å². The summed E-state index contributed by atoms with van der Waals surface area (Å²) in [6, 6.07) is 8.31. The number of benzene rings is 1. The second kappa shape index (κ2) is 8.16. The van der Waals surface area contributed by atoms with E-state index >= 15 is 0 Å². The first-order chi connectivity index (χ1) is 16.1. The van der Waals surface area contributed by atoms with Gasteiger partial charge in [-0.3, -0.25) is 0 Å². The molecule has 3 N–H and O–H groups in total. The van der Waals surface area contributed by atoms with E-state index in [1.807, 2.05) is 12.1 Å². The molecule has 6 rings (SSSR count). The van der Waals surface area contributed by atoms with Crippen LogP contribution in [0.3, 0.4) is 0 Å². The number of nitrogens with one attached hydrogen (secondary N) is 2. The van der Waals surface area contributed by atoms with E-state index in [-0.39, 0.29) is 12.1 Å². The lowest BCUT2D eigenvalue weighted by atomic mass is 9.93. The highest BCUT2D eigenvalue weighted by molar-refractivity contribution is 7.22. The minimum atomic E-state index is -0.298. The summed E-state index contributed by atoms with van der Waals surface area (Å²) in [5.41, 5.74) is 4.40. The van der Waals surface area contributed by atoms with E-state index < -0.39 is 0 Å². The van der Waals surface area contributed by atoms with Gasteiger partial charge in [0, 0.05) is 18.2 Å². The molecule has 168 valence electrons. The number of hydrogen-bond donors (Lipinski definition) is 3. The summed E-state index contributed by atoms with van der Waals surface area (Å²) in [7, 11) is 1.73. The number of aromatic nitrogens is 8. The number of pyridine rings is 1. The van der Waals surface area contributed by atoms with Gasteiger partial charge in [-0.2, -0.15) is 4.80 Å². The third-order valence-corrected chi connectivity index (χ3v) is 6.97. The van der Waals surface area contributed by atoms with Gasteiger partial charge in [-0.15, -0.1) is 10.2 Å². The predicted octanol–water partition coefficient (Wildman–Crippen LogP) is 3.06. The fourth-order valence-corrected chi connectivity index (χ4v) is 5.32. The maximum absolute atomic E-state index is 10.2. The molecule has 5 aromatic rings. The molecule has 1 aromatic carbocycles. The van der Waals surface area contributed by atoms with Crippen LogP contribution in [0.5, 0.6) is 0 Å². The number of rotatable bonds is 5. The standard InChI is InChI=1S/C22H23N9OS/c1-31-29-20(28-30-31)13-10-16-21(23-11-13)27-19(24-16)9-12-6-7-15-18(8-12)33-22(26-15)25-14-4-2-3-5-17(14)32/h6-8,10-11,14,17,32H,2-5,9H2,1H3,(H,25,26)(H,23,24,27)/t14-,17-/m1/s1. The molecule has 1 aliphatic rings. The molecule has 0 unspecified atom stereocenters. The van der Waals surface area contributed by atoms with Crippen LogP contribution in [-0.4, -0.2) is 57.4 Å². The number of hydrogen-bond acceptors (Lipinski definition) is 9. The van der Waals surface area contributed by atoms with Crippen molar-refractivity contribution in [2.45, 2.75) is 44.2 Å². The van der Waals surface area contributed by atoms with E-state index in [2.05, 4.69) is 47.8 Å². The summed E-state index contributed by atoms with van der Waals surface area (Å²) in [4.78, 5) is 18.6. The predicted molar refractivity (Wildman–Crippen MR) is 126 cm³/mol. The maximum atomic E-state index is 10.2. The Morgan fingerprint density at radius 2 is 2.12 bits per heavy atom. The van der Waals surface area contributed by atoms with Crippen molar-refractivity contribution in [3.63, 3.8) is 0 Å². The monoisotopic (exact) mass is 461 g/mol. The van der Waals surface area contributed by atoms with Gasteiger partial charge >= 0.3 is 0 Å². The first-order valence-electron chi connectivity index (χ1n) is 11.0. The second-order valence-corrected chi connectivity index (χ2v) is 9.51. The Hall–Kier alpha value is -3.44. The minimum absolute atomic E-state index is 0.0868. The van der Waals surface area contributed by atoms with Crippen LogP contribution in [0, 0.1) is 0 Å². The molecule has 0 saturated heterocycles. The van der Waals surface area contributed by atoms with Crippen LogP contribution >= 0.6 is 11.3 Å². The van der Waals surface area contributed by atoms with Crippen molar-refractivity contribution in [3.05, 3.63) is 41.9 Å². The van der Waals surface area contributed by atoms with Gasteiger partial charge in [-0.1, -0.05) is 30.2 Å². The maximum Gasteiger partial charge on any atom is 0.206 e. The van der Waals surface area contributed by atoms with Gasteiger partial charge < -0.3 is 15.4 Å². The minimum Gasteiger partial charge on any atom is -0.391 e. The quantitative estimate of drug-likeness (QED) is 0.364. The molecule has 1 saturated carbocycles. The lowest BCUT2D eigenvalue weighted by Gasteiger charge is -2.27. The van der Waals surface area contributed by atoms with Crippen LogP contribution in [-0.2, 0) is 13.5 Å². The van der Waals surface area contributed by atoms with Crippen LogP contribution < -0.4 is 5.32 Å². The van der Waals surface area contributed by atoms with Crippen LogP contribution in [0.1, 0.15) is 37.1 Å². The molecular weight excluding hydrogens is 438 g/mol. The van der Waals surface area contributed by atoms with Crippen molar-refractivity contribution in [2.24, 2.45) is 7.05 Å². The van der Waals surface area contributed by atoms with Gasteiger partial charge in [0.1, 0.15) is 5.82 Å². The van der Waals surface area contributed by atoms with Gasteiger partial charge in [0.25, 0.3) is 0 Å². The molecule has 33 heavy (non-hydrogen) atoms. The zero-order valence-electron chi connectivity index (χ0n) is 18.1. The fourth-order valence-electron chi connectivity index (χ4n) is 4.33. The molecule has 0 amide bonds. The zero-order chi connectivity index (χ0) is 22.4. The molecule has 10 nitrogen and oxygen atoms in total. The number of H-pyrrole nitrogens is 1. The van der Waals surface area contributed by atoms with E-state index in [0.717, 1.165) is 63.5 Å². The topological polar surface area (TPSA) is 130 Å². The number of aromatic amines is 1. The summed E-state index contributed by atoms with van der Waals surface area (Å²) >= 11 is 1.63. The number of aryl methyl sites for hydroxylation is 1. The van der Waals surface area contributed by atoms with Crippen molar-refractivity contribution in [3.8, 4) is 11.4 Å². The average molecular weight is 462 g/mol. The van der Waals surface area contributed by atoms with Gasteiger partial charge in [0.15, 0.2) is 10.8 Å². The summed E-state index contributed by atoms with van der Waals surface area (Å²) in [5.74, 6) is 1.37. The van der Waals surface area contributed by atoms with Crippen LogP contribution in [0.15, 0.2) is 30.5 Å². The Kier molecular flexibility index (Phi) is 4.99. The Morgan fingerprint density at radius 1 is 1.21 bits per heavy atom. The molecule has 0 aliphatic heterocycles. The number of tetrazole rings is 1. The average Bonchev–Trinajstić information content (AvgIpc) is 3.52. The number of imidazole rings is 1. The number of aliphatic hydroxyl groups excluding tert-OH is 1. The lowest BCUT2D eigenvalue weighted by molar-refractivity contribution is 0.116. The normalized spacial score (nSPS) is 18.8. The molecule has 2 atom stereocenters. The Balaban J connectivity index is 1.22. The molecular formula is C22H23N9OS. The Labute approximate surface area is 193 Å². The third kappa shape index (κ3) is 4.05. The van der Waals surface area contributed by atoms with Gasteiger partial charge in [-0.25, -0.2) is 15.0 Å². The summed E-state index contributed by atoms with van der Waals surface area (Å²) in [6.07, 6.45) is 6.16. The van der Waals surface area contributed by atoms with Crippen LogP contribution in [0.25, 0.3) is 32.8 Å². The lowest BCUT2D eigenvalue weighted by Crippen LogP contribution is -2.36. The smallest absolute Gasteiger partial charge is 0.206 e. The SMILES string of the molecule is Cn1nnc(-c2cnc3nc(Cc4ccc5nc(N[C@@H]6CCCC[C@H]6O)sc5c4)[nH]c3c2)n1. The summed E-state index contributed by atoms with van der Waals surface area (Å²) < 4.78 is 1.12. The molecule has 1 aliphatic carbocycles. The van der Waals surface area contributed by atoms with Crippen molar-refractivity contribution in [2.75, 3.05) is 5.32 Å². The molecule has 1 fully saturated rings. The molecule has 4 aromatic heterocycles. The van der Waals surface area contributed by atoms with Crippen molar-refractivity contribution < 1.29 is 5.11 Å². The molecule has 11 heteroatoms. The molecule has 0 spiro atoms. The van der Waals surface area contributed by atoms with Crippen molar-refractivity contribution in [1.82, 2.24) is 40.1 Å². The highest BCUT2D eigenvalue weighted by Crippen LogP contribution is 2.30. The van der Waals surface area contributed by atoms with E-state index in [9.17, 15) is 5.11 Å². The van der Waals surface area contributed by atoms with Gasteiger partial charge in [-0.05, 0) is 41.8 Å². The zero-order valence-corrected chi connectivity index (χ0v) is 18.9. The highest BCUT2D eigenvalue weighted by Gasteiger charge is 2.23. The van der Waals surface area contributed by atoms with Gasteiger partial charge in [0.2, 0.25) is 5.82 Å². The van der Waals surface area contributed by atoms with Gasteiger partial charge in [0.05, 0.1) is 34.9 Å². The first kappa shape index (κ1) is 20.2. The number of anilines is 1. The molecule has 4 heterocycles. The second-order valence-electron chi connectivity index (χ2n) is 8.48. The molecule has 0 bridgehead atoms. The van der Waals surface area contributed by atoms with E-state index in [4.69, 9.17) is 4.98 Å². The Bertz CT molecular complexity index is 1440. The molecule has 0 radical (unpaired) electrons. The number of fused-ring (bicyclic) bond motifs is 2. The highest BCUT2D eigenvalue weighted by atomic mass is 32.1. The summed E-state index contributed by atoms with van der Waals surface area (Å²) in [6.45, 7) is 0. The number of thiazole rings is 1. The van der Waals surface area contributed by atoms with E-state index in [1.165, 1.54) is 4.80 Å². The fraction of sp³-hybridized carbons (Fsp3) is 0.364. The number of nitrogens with zero attached hydrogens (tertiary/aromatic N) is 7. The third-order valence-electron chi connectivity index (χ3n) is 6.02. The largest absolute Gasteiger partial charge is 0.391 e. The van der Waals surface area contributed by atoms with Crippen molar-refractivity contribution in [1.29, 1.82) is 0 Å². The van der Waals surface area contributed by atoms with Crippen molar-refractivity contribution >= 4 is 37.8 Å². The van der Waals surface area contributed by atoms with E-state index in [0.29, 0.717) is 17.9 Å². The van der Waals surface area contributed by atoms with Crippen LogP contribution in [0.4, 0.5) is 5.13 Å². The summed E-state index contributed by atoms with van der Waals surface area (Å²) in [5, 5.41) is 26.7. The van der Waals surface area contributed by atoms with Crippen LogP contribution in [0.2, 0.25) is 0 Å². The Morgan fingerprint density at radius 3 is 2.97 bits per heavy atom.